The summed E-state index contributed by atoms with van der Waals surface area (Å²) in [5.74, 6) is 0.970. The Labute approximate surface area is 164 Å². The molecule has 1 aromatic rings. The topological polar surface area (TPSA) is 93.2 Å². The van der Waals surface area contributed by atoms with Gasteiger partial charge in [-0.25, -0.2) is 9.18 Å². The summed E-state index contributed by atoms with van der Waals surface area (Å²) in [4.78, 5) is 15.7. The van der Waals surface area contributed by atoms with Crippen LogP contribution in [0.25, 0.3) is 0 Å². The zero-order chi connectivity index (χ0) is 20.6. The third kappa shape index (κ3) is 7.22. The predicted octanol–water partition coefficient (Wildman–Crippen LogP) is 1.92. The number of hydrogen-bond donors (Lipinski definition) is 3. The van der Waals surface area contributed by atoms with Crippen molar-refractivity contribution in [3.05, 3.63) is 29.1 Å². The van der Waals surface area contributed by atoms with Crippen molar-refractivity contribution >= 4 is 12.1 Å². The molecule has 28 heavy (non-hydrogen) atoms. The molecule has 0 saturated heterocycles. The fraction of sp³-hybridized carbons (Fsp3) is 0.579. The van der Waals surface area contributed by atoms with E-state index in [9.17, 15) is 9.18 Å². The average Bonchev–Trinajstić information content (AvgIpc) is 2.62. The molecule has 9 heteroatoms. The van der Waals surface area contributed by atoms with Crippen LogP contribution in [0.2, 0.25) is 0 Å². The summed E-state index contributed by atoms with van der Waals surface area (Å²) >= 11 is 0. The molecule has 156 valence electrons. The van der Waals surface area contributed by atoms with Crippen molar-refractivity contribution in [2.75, 3.05) is 33.5 Å². The lowest BCUT2D eigenvalue weighted by molar-refractivity contribution is -0.0172. The van der Waals surface area contributed by atoms with Crippen molar-refractivity contribution in [3.8, 4) is 5.75 Å². The van der Waals surface area contributed by atoms with Crippen molar-refractivity contribution in [3.63, 3.8) is 0 Å². The van der Waals surface area contributed by atoms with Crippen LogP contribution in [0, 0.1) is 5.82 Å². The largest absolute Gasteiger partial charge is 0.467 e. The summed E-state index contributed by atoms with van der Waals surface area (Å²) in [6.07, 6.45) is 0.105. The van der Waals surface area contributed by atoms with E-state index in [0.717, 1.165) is 11.1 Å². The normalized spacial score (nSPS) is 14.0. The molecule has 0 fully saturated rings. The molecular weight excluding hydrogens is 367 g/mol. The van der Waals surface area contributed by atoms with Gasteiger partial charge in [0.2, 0.25) is 0 Å². The summed E-state index contributed by atoms with van der Waals surface area (Å²) < 4.78 is 29.6. The van der Waals surface area contributed by atoms with Gasteiger partial charge in [0.15, 0.2) is 12.8 Å². The van der Waals surface area contributed by atoms with Crippen LogP contribution in [-0.2, 0) is 22.5 Å². The molecule has 1 aromatic carbocycles. The highest BCUT2D eigenvalue weighted by molar-refractivity contribution is 5.79. The Hall–Kier alpha value is -2.55. The van der Waals surface area contributed by atoms with Gasteiger partial charge in [-0.3, -0.25) is 4.99 Å². The van der Waals surface area contributed by atoms with E-state index >= 15 is 0 Å². The van der Waals surface area contributed by atoms with E-state index in [4.69, 9.17) is 14.2 Å². The second-order valence-corrected chi connectivity index (χ2v) is 7.27. The number of carbonyl (C=O) groups excluding carboxylic acids is 1. The quantitative estimate of drug-likeness (QED) is 0.387. The van der Waals surface area contributed by atoms with Crippen LogP contribution in [0.15, 0.2) is 17.1 Å². The molecule has 1 amide bonds. The lowest BCUT2D eigenvalue weighted by atomic mass is 10.1. The van der Waals surface area contributed by atoms with Crippen LogP contribution in [0.4, 0.5) is 9.18 Å². The number of ether oxygens (including phenoxy) is 3. The molecule has 2 rings (SSSR count). The van der Waals surface area contributed by atoms with Crippen LogP contribution in [0.3, 0.4) is 0 Å². The first-order chi connectivity index (χ1) is 13.3. The van der Waals surface area contributed by atoms with Crippen molar-refractivity contribution in [1.29, 1.82) is 0 Å². The Morgan fingerprint density at radius 2 is 1.93 bits per heavy atom. The van der Waals surface area contributed by atoms with E-state index in [-0.39, 0.29) is 12.6 Å². The van der Waals surface area contributed by atoms with Crippen LogP contribution in [0.5, 0.6) is 5.75 Å². The molecular formula is C19H29FN4O4. The predicted molar refractivity (Wildman–Crippen MR) is 104 cm³/mol. The highest BCUT2D eigenvalue weighted by Gasteiger charge is 2.17. The lowest BCUT2D eigenvalue weighted by Gasteiger charge is -2.21. The Bertz CT molecular complexity index is 704. The van der Waals surface area contributed by atoms with Crippen LogP contribution < -0.4 is 20.7 Å². The van der Waals surface area contributed by atoms with E-state index in [1.165, 1.54) is 12.1 Å². The fourth-order valence-corrected chi connectivity index (χ4v) is 2.64. The maximum Gasteiger partial charge on any atom is 0.407 e. The number of nitrogens with one attached hydrogen (secondary N) is 3. The minimum Gasteiger partial charge on any atom is -0.467 e. The average molecular weight is 396 g/mol. The Morgan fingerprint density at radius 3 is 2.64 bits per heavy atom. The first-order valence-electron chi connectivity index (χ1n) is 9.21. The number of benzene rings is 1. The van der Waals surface area contributed by atoms with Crippen LogP contribution in [-0.4, -0.2) is 51.1 Å². The number of carbonyl (C=O) groups is 1. The van der Waals surface area contributed by atoms with Gasteiger partial charge in [0.1, 0.15) is 17.2 Å². The molecule has 0 unspecified atom stereocenters. The Morgan fingerprint density at radius 1 is 1.21 bits per heavy atom. The minimum absolute atomic E-state index is 0.174. The summed E-state index contributed by atoms with van der Waals surface area (Å²) in [6.45, 7) is 7.36. The smallest absolute Gasteiger partial charge is 0.407 e. The lowest BCUT2D eigenvalue weighted by Crippen LogP contribution is -2.43. The van der Waals surface area contributed by atoms with E-state index < -0.39 is 11.7 Å². The molecule has 0 saturated carbocycles. The Kier molecular flexibility index (Phi) is 7.86. The second-order valence-electron chi connectivity index (χ2n) is 7.27. The van der Waals surface area contributed by atoms with Gasteiger partial charge in [-0.15, -0.1) is 0 Å². The number of guanidine groups is 1. The van der Waals surface area contributed by atoms with E-state index in [0.29, 0.717) is 44.4 Å². The fourth-order valence-electron chi connectivity index (χ4n) is 2.64. The molecule has 0 atom stereocenters. The molecule has 0 spiro atoms. The van der Waals surface area contributed by atoms with E-state index in [2.05, 4.69) is 20.9 Å². The number of amides is 1. The van der Waals surface area contributed by atoms with Gasteiger partial charge in [-0.2, -0.15) is 0 Å². The maximum atomic E-state index is 13.8. The molecule has 0 aromatic heterocycles. The van der Waals surface area contributed by atoms with Gasteiger partial charge in [0, 0.05) is 32.2 Å². The van der Waals surface area contributed by atoms with Crippen LogP contribution >= 0.6 is 0 Å². The first kappa shape index (κ1) is 21.7. The summed E-state index contributed by atoms with van der Waals surface area (Å²) in [7, 11) is 1.65. The maximum absolute atomic E-state index is 13.8. The number of rotatable bonds is 6. The first-order valence-corrected chi connectivity index (χ1v) is 9.21. The van der Waals surface area contributed by atoms with Gasteiger partial charge >= 0.3 is 6.09 Å². The summed E-state index contributed by atoms with van der Waals surface area (Å²) in [5, 5.41) is 8.91. The number of aliphatic imine (C=N–C) groups is 1. The second kappa shape index (κ2) is 10.1. The van der Waals surface area contributed by atoms with Gasteiger partial charge < -0.3 is 30.2 Å². The molecule has 0 aliphatic carbocycles. The molecule has 1 aliphatic heterocycles. The third-order valence-corrected chi connectivity index (χ3v) is 3.75. The summed E-state index contributed by atoms with van der Waals surface area (Å²) in [5.41, 5.74) is 0.978. The third-order valence-electron chi connectivity index (χ3n) is 3.75. The van der Waals surface area contributed by atoms with Crippen LogP contribution in [0.1, 0.15) is 31.9 Å². The molecule has 8 nitrogen and oxygen atoms in total. The SMILES string of the molecule is CN=C(NCCNC(=O)OC(C)(C)C)NCCc1cc(F)cc2c1OCOC2. The number of hydrogen-bond acceptors (Lipinski definition) is 5. The van der Waals surface area contributed by atoms with E-state index in [1.54, 1.807) is 7.05 Å². The monoisotopic (exact) mass is 396 g/mol. The van der Waals surface area contributed by atoms with Gasteiger partial charge in [-0.05, 0) is 44.9 Å². The van der Waals surface area contributed by atoms with Gasteiger partial charge in [0.05, 0.1) is 6.61 Å². The molecule has 0 radical (unpaired) electrons. The zero-order valence-electron chi connectivity index (χ0n) is 16.9. The molecule has 0 bridgehead atoms. The van der Waals surface area contributed by atoms with Crippen molar-refractivity contribution in [2.24, 2.45) is 4.99 Å². The minimum atomic E-state index is -0.527. The number of nitrogens with zero attached hydrogens (tertiary/aromatic N) is 1. The highest BCUT2D eigenvalue weighted by atomic mass is 19.1. The number of alkyl carbamates (subject to hydrolysis) is 1. The van der Waals surface area contributed by atoms with E-state index in [1.807, 2.05) is 20.8 Å². The van der Waals surface area contributed by atoms with Gasteiger partial charge in [-0.1, -0.05) is 0 Å². The van der Waals surface area contributed by atoms with Crippen molar-refractivity contribution in [1.82, 2.24) is 16.0 Å². The summed E-state index contributed by atoms with van der Waals surface area (Å²) in [6, 6.07) is 2.91. The standard InChI is InChI=1S/C19H29FN4O4/c1-19(2,3)28-18(25)24-8-7-23-17(21-4)22-6-5-13-9-15(20)10-14-11-26-12-27-16(13)14/h9-10H,5-8,11-12H2,1-4H3,(H,24,25)(H2,21,22,23). The van der Waals surface area contributed by atoms with Crippen molar-refractivity contribution in [2.45, 2.75) is 39.4 Å². The molecule has 1 heterocycles. The molecule has 3 N–H and O–H groups in total. The highest BCUT2D eigenvalue weighted by Crippen LogP contribution is 2.29. The van der Waals surface area contributed by atoms with Crippen molar-refractivity contribution < 1.29 is 23.4 Å². The van der Waals surface area contributed by atoms with Gasteiger partial charge in [0.25, 0.3) is 0 Å². The number of halogens is 1. The molecule has 1 aliphatic rings. The number of fused-ring (bicyclic) bond motifs is 1. The Balaban J connectivity index is 1.73. The zero-order valence-corrected chi connectivity index (χ0v) is 16.9.